The summed E-state index contributed by atoms with van der Waals surface area (Å²) < 4.78 is 10.8. The van der Waals surface area contributed by atoms with Crippen molar-refractivity contribution in [1.82, 2.24) is 0 Å². The van der Waals surface area contributed by atoms with E-state index in [2.05, 4.69) is 22.6 Å². The van der Waals surface area contributed by atoms with Crippen LogP contribution in [0.2, 0.25) is 0 Å². The number of rotatable bonds is 1. The fraction of sp³-hybridized carbons (Fsp3) is 0.200. The van der Waals surface area contributed by atoms with Gasteiger partial charge in [-0.2, -0.15) is 0 Å². The Bertz CT molecular complexity index is 400. The van der Waals surface area contributed by atoms with E-state index in [1.165, 1.54) is 0 Å². The molecule has 1 aromatic rings. The summed E-state index contributed by atoms with van der Waals surface area (Å²) in [4.78, 5) is 22.1. The summed E-state index contributed by atoms with van der Waals surface area (Å²) in [5.74, 6) is -1.09. The van der Waals surface area contributed by atoms with Gasteiger partial charge >= 0.3 is 11.9 Å². The first-order chi connectivity index (χ1) is 7.16. The summed E-state index contributed by atoms with van der Waals surface area (Å²) in [5, 5.41) is 0. The van der Waals surface area contributed by atoms with Gasteiger partial charge in [-0.05, 0) is 28.7 Å². The number of cyclic esters (lactones) is 2. The fourth-order valence-electron chi connectivity index (χ4n) is 1.26. The standard InChI is InChI=1S/C10H7IO4/c11-7-4-2-1-3-6(7)10-14-8(12)5-9(13)15-10/h1-4,10H,5H2. The number of benzene rings is 1. The highest BCUT2D eigenvalue weighted by Gasteiger charge is 2.30. The fourth-order valence-corrected chi connectivity index (χ4v) is 1.90. The van der Waals surface area contributed by atoms with Gasteiger partial charge in [-0.25, -0.2) is 0 Å². The van der Waals surface area contributed by atoms with E-state index in [1.807, 2.05) is 12.1 Å². The van der Waals surface area contributed by atoms with Crippen molar-refractivity contribution in [3.8, 4) is 0 Å². The van der Waals surface area contributed by atoms with Crippen molar-refractivity contribution in [2.75, 3.05) is 0 Å². The maximum atomic E-state index is 11.0. The third-order valence-corrected chi connectivity index (χ3v) is 2.91. The second-order valence-electron chi connectivity index (χ2n) is 3.01. The van der Waals surface area contributed by atoms with Crippen molar-refractivity contribution in [2.24, 2.45) is 0 Å². The van der Waals surface area contributed by atoms with Crippen molar-refractivity contribution in [3.63, 3.8) is 0 Å². The van der Waals surface area contributed by atoms with Crippen LogP contribution in [0.5, 0.6) is 0 Å². The van der Waals surface area contributed by atoms with Gasteiger partial charge < -0.3 is 9.47 Å². The van der Waals surface area contributed by atoms with Crippen LogP contribution in [0.25, 0.3) is 0 Å². The maximum Gasteiger partial charge on any atom is 0.320 e. The van der Waals surface area contributed by atoms with Crippen LogP contribution in [0.3, 0.4) is 0 Å². The van der Waals surface area contributed by atoms with Gasteiger partial charge in [0.1, 0.15) is 6.42 Å². The van der Waals surface area contributed by atoms with Crippen LogP contribution < -0.4 is 0 Å². The van der Waals surface area contributed by atoms with Crippen molar-refractivity contribution in [3.05, 3.63) is 33.4 Å². The summed E-state index contributed by atoms with van der Waals surface area (Å²) >= 11 is 2.09. The highest BCUT2D eigenvalue weighted by atomic mass is 127. The summed E-state index contributed by atoms with van der Waals surface area (Å²) in [7, 11) is 0. The molecule has 1 fully saturated rings. The van der Waals surface area contributed by atoms with E-state index in [0.29, 0.717) is 5.56 Å². The van der Waals surface area contributed by atoms with Crippen LogP contribution in [0.15, 0.2) is 24.3 Å². The lowest BCUT2D eigenvalue weighted by atomic mass is 10.2. The molecule has 1 saturated heterocycles. The van der Waals surface area contributed by atoms with Crippen molar-refractivity contribution in [1.29, 1.82) is 0 Å². The lowest BCUT2D eigenvalue weighted by molar-refractivity contribution is -0.205. The molecule has 0 radical (unpaired) electrons. The molecule has 0 unspecified atom stereocenters. The molecule has 0 aromatic heterocycles. The molecule has 15 heavy (non-hydrogen) atoms. The van der Waals surface area contributed by atoms with E-state index >= 15 is 0 Å². The Morgan fingerprint density at radius 1 is 1.13 bits per heavy atom. The van der Waals surface area contributed by atoms with E-state index < -0.39 is 18.2 Å². The van der Waals surface area contributed by atoms with Crippen LogP contribution in [0.1, 0.15) is 18.3 Å². The highest BCUT2D eigenvalue weighted by molar-refractivity contribution is 14.1. The molecule has 0 bridgehead atoms. The molecule has 0 saturated carbocycles. The summed E-state index contributed by atoms with van der Waals surface area (Å²) in [6, 6.07) is 7.27. The first kappa shape index (κ1) is 10.4. The Morgan fingerprint density at radius 3 is 2.33 bits per heavy atom. The quantitative estimate of drug-likeness (QED) is 0.450. The minimum absolute atomic E-state index is 0.306. The number of hydrogen-bond donors (Lipinski definition) is 0. The molecule has 2 rings (SSSR count). The Kier molecular flexibility index (Phi) is 2.90. The Balaban J connectivity index is 2.27. The molecule has 1 aliphatic rings. The minimum Gasteiger partial charge on any atom is -0.420 e. The van der Waals surface area contributed by atoms with E-state index in [9.17, 15) is 9.59 Å². The number of carbonyl (C=O) groups is 2. The molecule has 5 heteroatoms. The zero-order valence-electron chi connectivity index (χ0n) is 7.60. The third kappa shape index (κ3) is 2.28. The first-order valence-electron chi connectivity index (χ1n) is 4.30. The summed E-state index contributed by atoms with van der Waals surface area (Å²) in [6.45, 7) is 0. The Labute approximate surface area is 99.7 Å². The van der Waals surface area contributed by atoms with Crippen LogP contribution in [-0.2, 0) is 19.1 Å². The molecule has 0 N–H and O–H groups in total. The summed E-state index contributed by atoms with van der Waals surface area (Å²) in [5.41, 5.74) is 0.694. The van der Waals surface area contributed by atoms with Gasteiger partial charge in [-0.15, -0.1) is 0 Å². The van der Waals surface area contributed by atoms with Crippen LogP contribution in [-0.4, -0.2) is 11.9 Å². The number of carbonyl (C=O) groups excluding carboxylic acids is 2. The number of hydrogen-bond acceptors (Lipinski definition) is 4. The average Bonchev–Trinajstić information content (AvgIpc) is 2.16. The predicted molar refractivity (Wildman–Crippen MR) is 58.7 cm³/mol. The first-order valence-corrected chi connectivity index (χ1v) is 5.38. The number of esters is 2. The summed E-state index contributed by atoms with van der Waals surface area (Å²) in [6.07, 6.45) is -1.20. The number of ether oxygens (including phenoxy) is 2. The highest BCUT2D eigenvalue weighted by Crippen LogP contribution is 2.27. The minimum atomic E-state index is -0.896. The molecule has 1 heterocycles. The second-order valence-corrected chi connectivity index (χ2v) is 4.17. The largest absolute Gasteiger partial charge is 0.420 e. The van der Waals surface area contributed by atoms with Gasteiger partial charge in [-0.3, -0.25) is 9.59 Å². The number of halogens is 1. The maximum absolute atomic E-state index is 11.0. The molecule has 0 amide bonds. The van der Waals surface area contributed by atoms with Gasteiger partial charge in [-0.1, -0.05) is 18.2 Å². The van der Waals surface area contributed by atoms with E-state index in [0.717, 1.165) is 3.57 Å². The predicted octanol–water partition coefficient (Wildman–Crippen LogP) is 1.78. The molecule has 1 aliphatic heterocycles. The third-order valence-electron chi connectivity index (χ3n) is 1.92. The molecular formula is C10H7IO4. The zero-order valence-corrected chi connectivity index (χ0v) is 9.76. The Hall–Kier alpha value is -1.11. The van der Waals surface area contributed by atoms with Gasteiger partial charge in [0.05, 0.1) is 0 Å². The zero-order chi connectivity index (χ0) is 10.8. The second kappa shape index (κ2) is 4.18. The molecule has 78 valence electrons. The van der Waals surface area contributed by atoms with Crippen molar-refractivity contribution >= 4 is 34.5 Å². The average molecular weight is 318 g/mol. The Morgan fingerprint density at radius 2 is 1.73 bits per heavy atom. The molecule has 0 aliphatic carbocycles. The van der Waals surface area contributed by atoms with Gasteiger partial charge in [0.25, 0.3) is 6.29 Å². The molecule has 0 atom stereocenters. The molecule has 1 aromatic carbocycles. The molecule has 0 spiro atoms. The monoisotopic (exact) mass is 318 g/mol. The van der Waals surface area contributed by atoms with Crippen LogP contribution in [0.4, 0.5) is 0 Å². The van der Waals surface area contributed by atoms with E-state index in [-0.39, 0.29) is 6.42 Å². The van der Waals surface area contributed by atoms with Crippen LogP contribution in [0, 0.1) is 3.57 Å². The smallest absolute Gasteiger partial charge is 0.320 e. The van der Waals surface area contributed by atoms with E-state index in [1.54, 1.807) is 12.1 Å². The molecular weight excluding hydrogens is 311 g/mol. The molecule has 4 nitrogen and oxygen atoms in total. The topological polar surface area (TPSA) is 52.6 Å². The van der Waals surface area contributed by atoms with Gasteiger partial charge in [0.2, 0.25) is 0 Å². The lowest BCUT2D eigenvalue weighted by Gasteiger charge is -2.23. The lowest BCUT2D eigenvalue weighted by Crippen LogP contribution is -2.27. The van der Waals surface area contributed by atoms with Gasteiger partial charge in [0.15, 0.2) is 0 Å². The van der Waals surface area contributed by atoms with Crippen molar-refractivity contribution in [2.45, 2.75) is 12.7 Å². The van der Waals surface area contributed by atoms with Gasteiger partial charge in [0, 0.05) is 9.13 Å². The SMILES string of the molecule is O=C1CC(=O)OC(c2ccccc2I)O1. The normalized spacial score (nSPS) is 17.1. The van der Waals surface area contributed by atoms with E-state index in [4.69, 9.17) is 9.47 Å². The van der Waals surface area contributed by atoms with Crippen LogP contribution >= 0.6 is 22.6 Å². The van der Waals surface area contributed by atoms with Crippen molar-refractivity contribution < 1.29 is 19.1 Å².